The Kier molecular flexibility index (Phi) is 4.33. The van der Waals surface area contributed by atoms with Crippen molar-refractivity contribution in [2.24, 2.45) is 5.73 Å². The van der Waals surface area contributed by atoms with Crippen LogP contribution in [0.15, 0.2) is 70.1 Å². The SMILES string of the molecule is NC(c1ccccc1)c1nc(CSc2ccccc2)no1. The summed E-state index contributed by atoms with van der Waals surface area (Å²) in [5.74, 6) is 1.77. The molecule has 0 spiro atoms. The predicted octanol–water partition coefficient (Wildman–Crippen LogP) is 3.41. The van der Waals surface area contributed by atoms with Crippen molar-refractivity contribution < 1.29 is 4.52 Å². The van der Waals surface area contributed by atoms with Crippen molar-refractivity contribution in [3.8, 4) is 0 Å². The van der Waals surface area contributed by atoms with E-state index in [1.165, 1.54) is 4.90 Å². The zero-order valence-electron chi connectivity index (χ0n) is 11.3. The zero-order valence-corrected chi connectivity index (χ0v) is 12.2. The maximum Gasteiger partial charge on any atom is 0.248 e. The number of hydrogen-bond acceptors (Lipinski definition) is 5. The van der Waals surface area contributed by atoms with Crippen LogP contribution >= 0.6 is 11.8 Å². The van der Waals surface area contributed by atoms with Crippen molar-refractivity contribution in [2.75, 3.05) is 0 Å². The van der Waals surface area contributed by atoms with Gasteiger partial charge in [0.05, 0.1) is 5.75 Å². The first kappa shape index (κ1) is 13.9. The molecule has 3 aromatic rings. The smallest absolute Gasteiger partial charge is 0.248 e. The normalized spacial score (nSPS) is 12.2. The van der Waals surface area contributed by atoms with E-state index in [1.807, 2.05) is 48.5 Å². The predicted molar refractivity (Wildman–Crippen MR) is 82.8 cm³/mol. The van der Waals surface area contributed by atoms with Crippen molar-refractivity contribution in [3.63, 3.8) is 0 Å². The highest BCUT2D eigenvalue weighted by Gasteiger charge is 2.16. The first-order chi connectivity index (χ1) is 10.3. The highest BCUT2D eigenvalue weighted by atomic mass is 32.2. The molecule has 1 aromatic heterocycles. The number of nitrogens with zero attached hydrogens (tertiary/aromatic N) is 2. The molecular weight excluding hydrogens is 282 g/mol. The Labute approximate surface area is 127 Å². The Morgan fingerprint density at radius 1 is 1.00 bits per heavy atom. The summed E-state index contributed by atoms with van der Waals surface area (Å²) < 4.78 is 5.27. The molecule has 1 atom stereocenters. The molecule has 0 fully saturated rings. The lowest BCUT2D eigenvalue weighted by molar-refractivity contribution is 0.363. The van der Waals surface area contributed by atoms with Gasteiger partial charge in [0.2, 0.25) is 5.89 Å². The maximum atomic E-state index is 6.13. The quantitative estimate of drug-likeness (QED) is 0.731. The Bertz CT molecular complexity index is 685. The van der Waals surface area contributed by atoms with E-state index >= 15 is 0 Å². The average molecular weight is 297 g/mol. The van der Waals surface area contributed by atoms with E-state index in [-0.39, 0.29) is 6.04 Å². The second kappa shape index (κ2) is 6.56. The van der Waals surface area contributed by atoms with Gasteiger partial charge in [0.15, 0.2) is 5.82 Å². The lowest BCUT2D eigenvalue weighted by Gasteiger charge is -2.05. The number of aromatic nitrogens is 2. The zero-order chi connectivity index (χ0) is 14.5. The lowest BCUT2D eigenvalue weighted by Crippen LogP contribution is -2.12. The Balaban J connectivity index is 1.66. The monoisotopic (exact) mass is 297 g/mol. The van der Waals surface area contributed by atoms with Gasteiger partial charge >= 0.3 is 0 Å². The highest BCUT2D eigenvalue weighted by molar-refractivity contribution is 7.98. The third-order valence-electron chi connectivity index (χ3n) is 3.02. The highest BCUT2D eigenvalue weighted by Crippen LogP contribution is 2.22. The molecule has 1 unspecified atom stereocenters. The van der Waals surface area contributed by atoms with Gasteiger partial charge in [-0.25, -0.2) is 0 Å². The van der Waals surface area contributed by atoms with Gasteiger partial charge in [-0.05, 0) is 17.7 Å². The van der Waals surface area contributed by atoms with Crippen molar-refractivity contribution in [3.05, 3.63) is 77.9 Å². The second-order valence-electron chi connectivity index (χ2n) is 4.54. The van der Waals surface area contributed by atoms with Crippen LogP contribution in [0.2, 0.25) is 0 Å². The molecule has 2 N–H and O–H groups in total. The fourth-order valence-electron chi connectivity index (χ4n) is 1.92. The number of nitrogens with two attached hydrogens (primary N) is 1. The summed E-state index contributed by atoms with van der Waals surface area (Å²) in [6, 6.07) is 19.5. The van der Waals surface area contributed by atoms with E-state index in [1.54, 1.807) is 11.8 Å². The molecule has 0 aliphatic rings. The van der Waals surface area contributed by atoms with E-state index in [4.69, 9.17) is 10.3 Å². The summed E-state index contributed by atoms with van der Waals surface area (Å²) in [5.41, 5.74) is 7.10. The molecule has 1 heterocycles. The van der Waals surface area contributed by atoms with Gasteiger partial charge in [-0.2, -0.15) is 4.98 Å². The van der Waals surface area contributed by atoms with Crippen LogP contribution in [-0.4, -0.2) is 10.1 Å². The van der Waals surface area contributed by atoms with E-state index in [0.717, 1.165) is 5.56 Å². The molecule has 0 saturated heterocycles. The van der Waals surface area contributed by atoms with Crippen LogP contribution in [0.4, 0.5) is 0 Å². The van der Waals surface area contributed by atoms with Gasteiger partial charge in [0.25, 0.3) is 0 Å². The second-order valence-corrected chi connectivity index (χ2v) is 5.59. The van der Waals surface area contributed by atoms with E-state index in [0.29, 0.717) is 17.5 Å². The minimum Gasteiger partial charge on any atom is -0.337 e. The first-order valence-corrected chi connectivity index (χ1v) is 7.62. The molecule has 0 radical (unpaired) electrons. The summed E-state index contributed by atoms with van der Waals surface area (Å²) in [4.78, 5) is 5.56. The van der Waals surface area contributed by atoms with Gasteiger partial charge in [0, 0.05) is 4.90 Å². The summed E-state index contributed by atoms with van der Waals surface area (Å²) in [6.07, 6.45) is 0. The van der Waals surface area contributed by atoms with Crippen molar-refractivity contribution >= 4 is 11.8 Å². The van der Waals surface area contributed by atoms with Crippen LogP contribution in [0, 0.1) is 0 Å². The van der Waals surface area contributed by atoms with E-state index in [2.05, 4.69) is 22.3 Å². The fraction of sp³-hybridized carbons (Fsp3) is 0.125. The molecule has 2 aromatic carbocycles. The summed E-state index contributed by atoms with van der Waals surface area (Å²) in [6.45, 7) is 0. The number of rotatable bonds is 5. The molecule has 3 rings (SSSR count). The van der Waals surface area contributed by atoms with Crippen LogP contribution < -0.4 is 5.73 Å². The van der Waals surface area contributed by atoms with Crippen molar-refractivity contribution in [1.82, 2.24) is 10.1 Å². The van der Waals surface area contributed by atoms with Crippen LogP contribution in [0.1, 0.15) is 23.3 Å². The average Bonchev–Trinajstić information content (AvgIpc) is 3.03. The topological polar surface area (TPSA) is 64.9 Å². The number of thioether (sulfide) groups is 1. The third kappa shape index (κ3) is 3.51. The molecule has 0 amide bonds. The van der Waals surface area contributed by atoms with Gasteiger partial charge in [0.1, 0.15) is 6.04 Å². The van der Waals surface area contributed by atoms with Crippen molar-refractivity contribution in [1.29, 1.82) is 0 Å². The minimum absolute atomic E-state index is 0.380. The summed E-state index contributed by atoms with van der Waals surface area (Å²) in [7, 11) is 0. The fourth-order valence-corrected chi connectivity index (χ4v) is 2.68. The van der Waals surface area contributed by atoms with Gasteiger partial charge < -0.3 is 10.3 Å². The maximum absolute atomic E-state index is 6.13. The molecule has 0 saturated carbocycles. The van der Waals surface area contributed by atoms with Gasteiger partial charge in [-0.1, -0.05) is 53.7 Å². The summed E-state index contributed by atoms with van der Waals surface area (Å²) in [5, 5.41) is 3.99. The standard InChI is InChI=1S/C16H15N3OS/c17-15(12-7-3-1-4-8-12)16-18-14(19-20-16)11-21-13-9-5-2-6-10-13/h1-10,15H,11,17H2. The third-order valence-corrected chi connectivity index (χ3v) is 4.03. The molecule has 4 nitrogen and oxygen atoms in total. The van der Waals surface area contributed by atoms with Crippen molar-refractivity contribution in [2.45, 2.75) is 16.7 Å². The van der Waals surface area contributed by atoms with Crippen LogP contribution in [0.25, 0.3) is 0 Å². The molecular formula is C16H15N3OS. The summed E-state index contributed by atoms with van der Waals surface area (Å²) >= 11 is 1.67. The van der Waals surface area contributed by atoms with E-state index in [9.17, 15) is 0 Å². The molecule has 5 heteroatoms. The Morgan fingerprint density at radius 2 is 1.67 bits per heavy atom. The molecule has 106 valence electrons. The number of hydrogen-bond donors (Lipinski definition) is 1. The Morgan fingerprint density at radius 3 is 2.38 bits per heavy atom. The van der Waals surface area contributed by atoms with Crippen LogP contribution in [0.3, 0.4) is 0 Å². The Hall–Kier alpha value is -2.11. The molecule has 0 bridgehead atoms. The van der Waals surface area contributed by atoms with E-state index < -0.39 is 0 Å². The van der Waals surface area contributed by atoms with Gasteiger partial charge in [-0.3, -0.25) is 0 Å². The molecule has 0 aliphatic heterocycles. The molecule has 0 aliphatic carbocycles. The number of benzene rings is 2. The van der Waals surface area contributed by atoms with Gasteiger partial charge in [-0.15, -0.1) is 11.8 Å². The molecule has 21 heavy (non-hydrogen) atoms. The van der Waals surface area contributed by atoms with Crippen LogP contribution in [0.5, 0.6) is 0 Å². The first-order valence-electron chi connectivity index (χ1n) is 6.64. The lowest BCUT2D eigenvalue weighted by atomic mass is 10.1. The van der Waals surface area contributed by atoms with Crippen LogP contribution in [-0.2, 0) is 5.75 Å². The largest absolute Gasteiger partial charge is 0.337 e. The minimum atomic E-state index is -0.380.